The number of nitriles is 1. The molecule has 0 amide bonds. The molecule has 7 heteroatoms. The predicted molar refractivity (Wildman–Crippen MR) is 83.9 cm³/mol. The molecule has 2 aromatic heterocycles. The number of thiophene rings is 1. The van der Waals surface area contributed by atoms with E-state index in [0.717, 1.165) is 33.4 Å². The molecule has 2 aromatic rings. The summed E-state index contributed by atoms with van der Waals surface area (Å²) in [5.41, 5.74) is 8.27. The molecule has 1 atom stereocenters. The number of allylic oxidation sites excluding steroid dienone is 1. The molecule has 0 aromatic carbocycles. The number of aromatic amines is 1. The first-order valence-electron chi connectivity index (χ1n) is 6.54. The molecule has 108 valence electrons. The maximum absolute atomic E-state index is 9.48. The van der Waals surface area contributed by atoms with E-state index in [2.05, 4.69) is 39.1 Å². The molecular weight excluding hydrogens is 352 g/mol. The SMILES string of the molecule is CCCc1[nH]nc2c1C(c1cc(Br)cs1)C(C#N)=C(N)O2. The number of hydrogen-bond acceptors (Lipinski definition) is 5. The molecule has 3 rings (SSSR count). The Labute approximate surface area is 134 Å². The molecule has 1 aliphatic heterocycles. The first-order chi connectivity index (χ1) is 10.2. The van der Waals surface area contributed by atoms with Gasteiger partial charge in [-0.2, -0.15) is 5.26 Å². The highest BCUT2D eigenvalue weighted by atomic mass is 79.9. The fraction of sp³-hybridized carbons (Fsp3) is 0.286. The molecule has 1 aliphatic rings. The third kappa shape index (κ3) is 2.34. The zero-order valence-corrected chi connectivity index (χ0v) is 13.7. The summed E-state index contributed by atoms with van der Waals surface area (Å²) in [5.74, 6) is 0.397. The Morgan fingerprint density at radius 2 is 2.43 bits per heavy atom. The summed E-state index contributed by atoms with van der Waals surface area (Å²) in [5, 5.41) is 18.7. The number of aromatic nitrogens is 2. The van der Waals surface area contributed by atoms with E-state index in [1.54, 1.807) is 11.3 Å². The van der Waals surface area contributed by atoms with Gasteiger partial charge in [0.2, 0.25) is 11.8 Å². The lowest BCUT2D eigenvalue weighted by Crippen LogP contribution is -2.20. The third-order valence-corrected chi connectivity index (χ3v) is 5.15. The van der Waals surface area contributed by atoms with Crippen molar-refractivity contribution in [1.82, 2.24) is 10.2 Å². The van der Waals surface area contributed by atoms with Crippen molar-refractivity contribution < 1.29 is 4.74 Å². The van der Waals surface area contributed by atoms with Gasteiger partial charge in [0, 0.05) is 20.4 Å². The van der Waals surface area contributed by atoms with Crippen molar-refractivity contribution in [2.45, 2.75) is 25.7 Å². The summed E-state index contributed by atoms with van der Waals surface area (Å²) in [4.78, 5) is 1.05. The lowest BCUT2D eigenvalue weighted by molar-refractivity contribution is 0.379. The third-order valence-electron chi connectivity index (χ3n) is 3.39. The second kappa shape index (κ2) is 5.54. The van der Waals surface area contributed by atoms with Gasteiger partial charge in [-0.05, 0) is 28.4 Å². The molecule has 0 saturated carbocycles. The maximum atomic E-state index is 9.48. The number of hydrogen-bond donors (Lipinski definition) is 2. The van der Waals surface area contributed by atoms with Crippen LogP contribution in [0.15, 0.2) is 27.4 Å². The smallest absolute Gasteiger partial charge is 0.244 e. The van der Waals surface area contributed by atoms with E-state index < -0.39 is 0 Å². The minimum atomic E-state index is -0.213. The van der Waals surface area contributed by atoms with Crippen LogP contribution in [-0.4, -0.2) is 10.2 Å². The number of rotatable bonds is 3. The van der Waals surface area contributed by atoms with Gasteiger partial charge in [0.25, 0.3) is 0 Å². The Bertz CT molecular complexity index is 755. The Hall–Kier alpha value is -1.78. The number of halogens is 1. The second-order valence-corrected chi connectivity index (χ2v) is 6.62. The summed E-state index contributed by atoms with van der Waals surface area (Å²) in [6.07, 6.45) is 1.84. The van der Waals surface area contributed by atoms with Gasteiger partial charge in [0.15, 0.2) is 0 Å². The van der Waals surface area contributed by atoms with Crippen LogP contribution in [0.4, 0.5) is 0 Å². The van der Waals surface area contributed by atoms with Crippen molar-refractivity contribution >= 4 is 27.3 Å². The van der Waals surface area contributed by atoms with Gasteiger partial charge >= 0.3 is 0 Å². The Balaban J connectivity index is 2.19. The van der Waals surface area contributed by atoms with Crippen molar-refractivity contribution in [3.05, 3.63) is 43.5 Å². The highest BCUT2D eigenvalue weighted by molar-refractivity contribution is 9.10. The quantitative estimate of drug-likeness (QED) is 0.873. The molecule has 3 heterocycles. The van der Waals surface area contributed by atoms with Crippen LogP contribution in [-0.2, 0) is 6.42 Å². The first-order valence-corrected chi connectivity index (χ1v) is 8.21. The molecule has 0 fully saturated rings. The summed E-state index contributed by atoms with van der Waals surface area (Å²) >= 11 is 5.05. The highest BCUT2D eigenvalue weighted by Crippen LogP contribution is 2.45. The Kier molecular flexibility index (Phi) is 3.74. The molecule has 0 bridgehead atoms. The predicted octanol–water partition coefficient (Wildman–Crippen LogP) is 3.40. The van der Waals surface area contributed by atoms with E-state index in [1.807, 2.05) is 11.4 Å². The van der Waals surface area contributed by atoms with Crippen LogP contribution in [0.3, 0.4) is 0 Å². The van der Waals surface area contributed by atoms with Gasteiger partial charge in [-0.25, -0.2) is 0 Å². The lowest BCUT2D eigenvalue weighted by atomic mass is 9.88. The van der Waals surface area contributed by atoms with E-state index in [0.29, 0.717) is 11.5 Å². The lowest BCUT2D eigenvalue weighted by Gasteiger charge is -2.22. The molecule has 5 nitrogen and oxygen atoms in total. The number of ether oxygens (including phenoxy) is 1. The standard InChI is InChI=1S/C14H13BrN4OS/c1-2-3-9-12-11(10-4-7(15)6-21-10)8(5-16)13(17)20-14(12)19-18-9/h4,6,11H,2-3,17H2,1H3,(H,18,19). The monoisotopic (exact) mass is 364 g/mol. The van der Waals surface area contributed by atoms with E-state index in [9.17, 15) is 5.26 Å². The number of fused-ring (bicyclic) bond motifs is 1. The Morgan fingerprint density at radius 1 is 1.62 bits per heavy atom. The van der Waals surface area contributed by atoms with Crippen molar-refractivity contribution in [1.29, 1.82) is 5.26 Å². The largest absolute Gasteiger partial charge is 0.420 e. The van der Waals surface area contributed by atoms with Crippen molar-refractivity contribution in [2.75, 3.05) is 0 Å². The van der Waals surface area contributed by atoms with Crippen LogP contribution in [0.1, 0.15) is 35.4 Å². The van der Waals surface area contributed by atoms with Gasteiger partial charge < -0.3 is 10.5 Å². The van der Waals surface area contributed by atoms with Gasteiger partial charge in [-0.1, -0.05) is 13.3 Å². The molecule has 0 radical (unpaired) electrons. The summed E-state index contributed by atoms with van der Waals surface area (Å²) in [6.45, 7) is 2.10. The second-order valence-electron chi connectivity index (χ2n) is 4.76. The summed E-state index contributed by atoms with van der Waals surface area (Å²) in [7, 11) is 0. The van der Waals surface area contributed by atoms with Crippen LogP contribution in [0.2, 0.25) is 0 Å². The van der Waals surface area contributed by atoms with Crippen LogP contribution >= 0.6 is 27.3 Å². The Morgan fingerprint density at radius 3 is 3.05 bits per heavy atom. The number of aryl methyl sites for hydroxylation is 1. The maximum Gasteiger partial charge on any atom is 0.244 e. The zero-order valence-electron chi connectivity index (χ0n) is 11.3. The summed E-state index contributed by atoms with van der Waals surface area (Å²) in [6, 6.07) is 4.20. The number of nitrogens with zero attached hydrogens (tertiary/aromatic N) is 2. The number of H-pyrrole nitrogens is 1. The minimum absolute atomic E-state index is 0.133. The van der Waals surface area contributed by atoms with Crippen LogP contribution < -0.4 is 10.5 Å². The van der Waals surface area contributed by atoms with Crippen LogP contribution in [0.25, 0.3) is 0 Å². The van der Waals surface area contributed by atoms with E-state index >= 15 is 0 Å². The fourth-order valence-electron chi connectivity index (χ4n) is 2.51. The van der Waals surface area contributed by atoms with Gasteiger partial charge in [0.1, 0.15) is 11.6 Å². The van der Waals surface area contributed by atoms with E-state index in [1.165, 1.54) is 0 Å². The van der Waals surface area contributed by atoms with E-state index in [-0.39, 0.29) is 11.8 Å². The van der Waals surface area contributed by atoms with Gasteiger partial charge in [-0.15, -0.1) is 16.4 Å². The van der Waals surface area contributed by atoms with Gasteiger partial charge in [0.05, 0.1) is 11.5 Å². The zero-order chi connectivity index (χ0) is 15.0. The van der Waals surface area contributed by atoms with Crippen molar-refractivity contribution in [3.63, 3.8) is 0 Å². The molecule has 21 heavy (non-hydrogen) atoms. The molecule has 3 N–H and O–H groups in total. The van der Waals surface area contributed by atoms with Gasteiger partial charge in [-0.3, -0.25) is 5.10 Å². The topological polar surface area (TPSA) is 87.7 Å². The van der Waals surface area contributed by atoms with Crippen LogP contribution in [0.5, 0.6) is 5.88 Å². The number of nitrogens with two attached hydrogens (primary N) is 1. The fourth-order valence-corrected chi connectivity index (χ4v) is 4.08. The summed E-state index contributed by atoms with van der Waals surface area (Å²) < 4.78 is 6.50. The number of nitrogens with one attached hydrogen (secondary N) is 1. The normalized spacial score (nSPS) is 17.3. The van der Waals surface area contributed by atoms with Crippen molar-refractivity contribution in [2.24, 2.45) is 5.73 Å². The minimum Gasteiger partial charge on any atom is -0.420 e. The molecule has 0 spiro atoms. The molecule has 0 saturated heterocycles. The van der Waals surface area contributed by atoms with Crippen molar-refractivity contribution in [3.8, 4) is 11.9 Å². The molecule has 0 aliphatic carbocycles. The average molecular weight is 365 g/mol. The first kappa shape index (κ1) is 14.2. The molecular formula is C14H13BrN4OS. The molecule has 1 unspecified atom stereocenters. The highest BCUT2D eigenvalue weighted by Gasteiger charge is 2.35. The average Bonchev–Trinajstić information content (AvgIpc) is 3.05. The van der Waals surface area contributed by atoms with E-state index in [4.69, 9.17) is 10.5 Å². The van der Waals surface area contributed by atoms with Crippen LogP contribution in [0, 0.1) is 11.3 Å².